The van der Waals surface area contributed by atoms with Gasteiger partial charge in [-0.3, -0.25) is 9.78 Å². The van der Waals surface area contributed by atoms with E-state index in [0.29, 0.717) is 53.8 Å². The Hall–Kier alpha value is -4.51. The van der Waals surface area contributed by atoms with Gasteiger partial charge in [-0.2, -0.15) is 26.3 Å². The number of carboxylic acid groups (broad SMARTS) is 1. The number of allylic oxidation sites excluding steroid dienone is 2. The van der Waals surface area contributed by atoms with Crippen LogP contribution in [0.1, 0.15) is 71.7 Å². The van der Waals surface area contributed by atoms with Gasteiger partial charge in [0.15, 0.2) is 0 Å². The van der Waals surface area contributed by atoms with Crippen LogP contribution in [0.4, 0.5) is 30.7 Å². The molecule has 0 aliphatic heterocycles. The first-order valence-corrected chi connectivity index (χ1v) is 15.6. The molecule has 0 saturated heterocycles. The molecular weight excluding hydrogens is 651 g/mol. The third-order valence-corrected chi connectivity index (χ3v) is 9.02. The molecule has 1 aliphatic rings. The molecule has 0 bridgehead atoms. The lowest BCUT2D eigenvalue weighted by molar-refractivity contribution is -0.143. The molecule has 4 nitrogen and oxygen atoms in total. The first-order valence-electron chi connectivity index (χ1n) is 15.6. The molecule has 0 amide bonds. The van der Waals surface area contributed by atoms with Crippen molar-refractivity contribution in [3.63, 3.8) is 0 Å². The molecule has 2 atom stereocenters. The van der Waals surface area contributed by atoms with Crippen molar-refractivity contribution in [2.75, 3.05) is 6.61 Å². The first-order chi connectivity index (χ1) is 23.0. The van der Waals surface area contributed by atoms with Gasteiger partial charge in [-0.05, 0) is 114 Å². The Bertz CT molecular complexity index is 1820. The van der Waals surface area contributed by atoms with Crippen molar-refractivity contribution in [2.45, 2.75) is 63.9 Å². The number of pyridine rings is 1. The Morgan fingerprint density at radius 2 is 1.55 bits per heavy atom. The second-order valence-electron chi connectivity index (χ2n) is 12.6. The van der Waals surface area contributed by atoms with E-state index in [9.17, 15) is 40.6 Å². The van der Waals surface area contributed by atoms with Crippen LogP contribution in [0.15, 0.2) is 85.1 Å². The fourth-order valence-electron chi connectivity index (χ4n) is 6.31. The number of ether oxygens (including phenoxy) is 1. The number of nitrogens with zero attached hydrogens (tertiary/aromatic N) is 1. The number of alkyl halides is 6. The number of carbonyl (C=O) groups is 1. The van der Waals surface area contributed by atoms with Gasteiger partial charge in [0.25, 0.3) is 0 Å². The van der Waals surface area contributed by atoms with Crippen LogP contribution in [-0.2, 0) is 33.9 Å². The highest BCUT2D eigenvalue weighted by Crippen LogP contribution is 2.45. The van der Waals surface area contributed by atoms with Crippen molar-refractivity contribution in [1.29, 1.82) is 0 Å². The molecule has 0 saturated carbocycles. The van der Waals surface area contributed by atoms with E-state index in [1.165, 1.54) is 31.3 Å². The summed E-state index contributed by atoms with van der Waals surface area (Å²) in [4.78, 5) is 15.9. The molecular formula is C38H34F7NO3. The lowest BCUT2D eigenvalue weighted by Gasteiger charge is -2.34. The van der Waals surface area contributed by atoms with E-state index in [2.05, 4.69) is 4.98 Å². The molecule has 4 aromatic rings. The van der Waals surface area contributed by atoms with Crippen molar-refractivity contribution in [3.8, 4) is 11.1 Å². The van der Waals surface area contributed by atoms with E-state index in [0.717, 1.165) is 11.1 Å². The molecule has 1 heterocycles. The summed E-state index contributed by atoms with van der Waals surface area (Å²) in [5, 5.41) is 9.21. The standard InChI is InChI=1S/C38H34F7NO3/c1-23-14-30(39)12-13-31(23)32-19-34(26-10-8-24(9-11-26)15-35(47)48)46-20-33(32)36(2,22-49-21-25-6-4-3-5-7-25)27-16-28(37(40,41)42)18-29(17-27)38(43,44)45/h3-7,10,12-14,16-20,24H,8-9,11,15,21-22H2,1-2H3,(H,47,48). The van der Waals surface area contributed by atoms with Crippen LogP contribution in [0.5, 0.6) is 0 Å². The minimum Gasteiger partial charge on any atom is -0.481 e. The third kappa shape index (κ3) is 8.39. The summed E-state index contributed by atoms with van der Waals surface area (Å²) in [5.41, 5.74) is -1.01. The SMILES string of the molecule is Cc1cc(F)ccc1-c1cc(C2=CCC(CC(=O)O)CC2)ncc1C(C)(COCc1ccccc1)c1cc(C(F)(F)F)cc(C(F)(F)F)c1. The molecule has 5 rings (SSSR count). The van der Waals surface area contributed by atoms with Crippen molar-refractivity contribution >= 4 is 11.5 Å². The van der Waals surface area contributed by atoms with Crippen LogP contribution in [-0.4, -0.2) is 22.7 Å². The quantitative estimate of drug-likeness (QED) is 0.169. The zero-order valence-corrected chi connectivity index (χ0v) is 26.8. The summed E-state index contributed by atoms with van der Waals surface area (Å²) in [6.45, 7) is 2.88. The molecule has 3 aromatic carbocycles. The molecule has 258 valence electrons. The van der Waals surface area contributed by atoms with Gasteiger partial charge in [-0.15, -0.1) is 0 Å². The van der Waals surface area contributed by atoms with E-state index in [-0.39, 0.29) is 42.7 Å². The number of aromatic nitrogens is 1. The summed E-state index contributed by atoms with van der Waals surface area (Å²) in [6, 6.07) is 16.2. The van der Waals surface area contributed by atoms with E-state index >= 15 is 0 Å². The zero-order chi connectivity index (χ0) is 35.6. The van der Waals surface area contributed by atoms with Crippen LogP contribution in [0.2, 0.25) is 0 Å². The lowest BCUT2D eigenvalue weighted by atomic mass is 9.73. The van der Waals surface area contributed by atoms with E-state index in [1.54, 1.807) is 43.3 Å². The number of halogens is 7. The Labute approximate surface area is 279 Å². The second-order valence-corrected chi connectivity index (χ2v) is 12.6. The van der Waals surface area contributed by atoms with Crippen molar-refractivity contribution in [3.05, 3.63) is 130 Å². The summed E-state index contributed by atoms with van der Waals surface area (Å²) in [5.74, 6) is -1.46. The maximum atomic E-state index is 14.3. The Kier molecular flexibility index (Phi) is 10.3. The summed E-state index contributed by atoms with van der Waals surface area (Å²) >= 11 is 0. The van der Waals surface area contributed by atoms with Crippen LogP contribution >= 0.6 is 0 Å². The van der Waals surface area contributed by atoms with Crippen LogP contribution in [0.25, 0.3) is 16.7 Å². The molecule has 1 aromatic heterocycles. The van der Waals surface area contributed by atoms with Crippen LogP contribution in [0, 0.1) is 18.7 Å². The minimum absolute atomic E-state index is 0.0222. The van der Waals surface area contributed by atoms with Crippen molar-refractivity contribution < 1.29 is 45.4 Å². The molecule has 1 aliphatic carbocycles. The smallest absolute Gasteiger partial charge is 0.416 e. The highest BCUT2D eigenvalue weighted by Gasteiger charge is 2.41. The molecule has 0 radical (unpaired) electrons. The molecule has 0 spiro atoms. The average molecular weight is 686 g/mol. The average Bonchev–Trinajstić information content (AvgIpc) is 3.04. The molecule has 0 fully saturated rings. The van der Waals surface area contributed by atoms with E-state index in [1.807, 2.05) is 6.08 Å². The van der Waals surface area contributed by atoms with Gasteiger partial charge in [0.2, 0.25) is 0 Å². The summed E-state index contributed by atoms with van der Waals surface area (Å²) in [7, 11) is 0. The Balaban J connectivity index is 1.71. The molecule has 2 unspecified atom stereocenters. The van der Waals surface area contributed by atoms with Gasteiger partial charge in [0.05, 0.1) is 30.0 Å². The van der Waals surface area contributed by atoms with E-state index in [4.69, 9.17) is 4.74 Å². The largest absolute Gasteiger partial charge is 0.481 e. The lowest BCUT2D eigenvalue weighted by Crippen LogP contribution is -2.32. The third-order valence-electron chi connectivity index (χ3n) is 9.02. The molecule has 11 heteroatoms. The van der Waals surface area contributed by atoms with Crippen LogP contribution < -0.4 is 0 Å². The van der Waals surface area contributed by atoms with Gasteiger partial charge >= 0.3 is 18.3 Å². The maximum absolute atomic E-state index is 14.3. The van der Waals surface area contributed by atoms with Gasteiger partial charge in [-0.25, -0.2) is 4.39 Å². The minimum atomic E-state index is -5.08. The number of rotatable bonds is 10. The monoisotopic (exact) mass is 685 g/mol. The van der Waals surface area contributed by atoms with Gasteiger partial charge < -0.3 is 9.84 Å². The van der Waals surface area contributed by atoms with Gasteiger partial charge in [0, 0.05) is 18.0 Å². The number of carboxylic acids is 1. The van der Waals surface area contributed by atoms with Gasteiger partial charge in [0.1, 0.15) is 5.82 Å². The highest BCUT2D eigenvalue weighted by molar-refractivity contribution is 5.77. The first kappa shape index (κ1) is 35.8. The topological polar surface area (TPSA) is 59.4 Å². The number of hydrogen-bond acceptors (Lipinski definition) is 3. The van der Waals surface area contributed by atoms with Gasteiger partial charge in [-0.1, -0.05) is 42.5 Å². The summed E-state index contributed by atoms with van der Waals surface area (Å²) in [6.07, 6.45) is -5.16. The maximum Gasteiger partial charge on any atom is 0.416 e. The number of aryl methyl sites for hydroxylation is 1. The molecule has 49 heavy (non-hydrogen) atoms. The Morgan fingerprint density at radius 1 is 0.898 bits per heavy atom. The predicted molar refractivity (Wildman–Crippen MR) is 171 cm³/mol. The van der Waals surface area contributed by atoms with Crippen molar-refractivity contribution in [2.24, 2.45) is 5.92 Å². The Morgan fingerprint density at radius 3 is 2.12 bits per heavy atom. The fraction of sp³-hybridized carbons (Fsp3) is 0.316. The van der Waals surface area contributed by atoms with Crippen LogP contribution in [0.3, 0.4) is 0 Å². The number of benzene rings is 3. The van der Waals surface area contributed by atoms with E-state index < -0.39 is 40.7 Å². The highest BCUT2D eigenvalue weighted by atomic mass is 19.4. The fourth-order valence-corrected chi connectivity index (χ4v) is 6.31. The normalized spacial score (nSPS) is 16.6. The molecule has 1 N–H and O–H groups in total. The predicted octanol–water partition coefficient (Wildman–Crippen LogP) is 10.4. The number of hydrogen-bond donors (Lipinski definition) is 1. The zero-order valence-electron chi connectivity index (χ0n) is 26.8. The second kappa shape index (κ2) is 14.2. The number of aliphatic carboxylic acids is 1. The summed E-state index contributed by atoms with van der Waals surface area (Å²) < 4.78 is 105. The van der Waals surface area contributed by atoms with Crippen molar-refractivity contribution in [1.82, 2.24) is 4.98 Å².